The van der Waals surface area contributed by atoms with Crippen LogP contribution in [0.5, 0.6) is 0 Å². The van der Waals surface area contributed by atoms with E-state index in [1.165, 1.54) is 25.7 Å². The van der Waals surface area contributed by atoms with Crippen molar-refractivity contribution in [3.8, 4) is 0 Å². The molecule has 1 aliphatic carbocycles. The van der Waals surface area contributed by atoms with Gasteiger partial charge in [-0.2, -0.15) is 0 Å². The lowest BCUT2D eigenvalue weighted by Crippen LogP contribution is -2.34. The second-order valence-corrected chi connectivity index (χ2v) is 6.52. The first kappa shape index (κ1) is 13.6. The largest absolute Gasteiger partial charge is 0.351 e. The molecule has 0 unspecified atom stereocenters. The number of amides is 1. The first-order valence-corrected chi connectivity index (χ1v) is 7.34. The van der Waals surface area contributed by atoms with E-state index in [9.17, 15) is 4.79 Å². The summed E-state index contributed by atoms with van der Waals surface area (Å²) in [5.74, 6) is 0.0313. The molecule has 1 aliphatic rings. The maximum absolute atomic E-state index is 12.1. The van der Waals surface area contributed by atoms with Gasteiger partial charge in [0.05, 0.1) is 0 Å². The van der Waals surface area contributed by atoms with Gasteiger partial charge in [0.1, 0.15) is 0 Å². The molecule has 0 atom stereocenters. The van der Waals surface area contributed by atoms with E-state index in [0.29, 0.717) is 5.41 Å². The quantitative estimate of drug-likeness (QED) is 0.896. The number of nitrogens with one attached hydrogen (secondary N) is 1. The third-order valence-corrected chi connectivity index (χ3v) is 4.77. The van der Waals surface area contributed by atoms with E-state index >= 15 is 0 Å². The Kier molecular flexibility index (Phi) is 4.10. The smallest absolute Gasteiger partial charge is 0.251 e. The van der Waals surface area contributed by atoms with Crippen molar-refractivity contribution in [2.75, 3.05) is 6.54 Å². The van der Waals surface area contributed by atoms with Gasteiger partial charge in [-0.1, -0.05) is 41.8 Å². The average Bonchev–Trinajstić information content (AvgIpc) is 2.77. The standard InChI is InChI=1S/C15H20BrNO/c1-11-5-6-12(9-13(11)16)14(18)17-10-15(2)7-3-4-8-15/h5-6,9H,3-4,7-8,10H2,1-2H3,(H,17,18). The summed E-state index contributed by atoms with van der Waals surface area (Å²) in [5.41, 5.74) is 2.18. The minimum Gasteiger partial charge on any atom is -0.351 e. The van der Waals surface area contributed by atoms with E-state index in [0.717, 1.165) is 22.1 Å². The van der Waals surface area contributed by atoms with Crippen LogP contribution in [-0.4, -0.2) is 12.5 Å². The van der Waals surface area contributed by atoms with Crippen LogP contribution in [0.3, 0.4) is 0 Å². The number of halogens is 1. The molecule has 2 rings (SSSR count). The summed E-state index contributed by atoms with van der Waals surface area (Å²) in [4.78, 5) is 12.1. The number of carbonyl (C=O) groups is 1. The molecular weight excluding hydrogens is 290 g/mol. The van der Waals surface area contributed by atoms with E-state index in [1.54, 1.807) is 0 Å². The Hall–Kier alpha value is -0.830. The van der Waals surface area contributed by atoms with Crippen molar-refractivity contribution in [2.24, 2.45) is 5.41 Å². The number of aryl methyl sites for hydroxylation is 1. The molecule has 18 heavy (non-hydrogen) atoms. The van der Waals surface area contributed by atoms with Crippen LogP contribution in [0.1, 0.15) is 48.5 Å². The van der Waals surface area contributed by atoms with Gasteiger partial charge in [0, 0.05) is 16.6 Å². The van der Waals surface area contributed by atoms with Crippen LogP contribution >= 0.6 is 15.9 Å². The van der Waals surface area contributed by atoms with Gasteiger partial charge in [-0.05, 0) is 42.9 Å². The van der Waals surface area contributed by atoms with E-state index in [4.69, 9.17) is 0 Å². The molecule has 1 N–H and O–H groups in total. The van der Waals surface area contributed by atoms with Gasteiger partial charge < -0.3 is 5.32 Å². The summed E-state index contributed by atoms with van der Waals surface area (Å²) >= 11 is 3.46. The monoisotopic (exact) mass is 309 g/mol. The number of benzene rings is 1. The third kappa shape index (κ3) is 3.14. The maximum atomic E-state index is 12.1. The minimum atomic E-state index is 0.0313. The zero-order chi connectivity index (χ0) is 13.2. The van der Waals surface area contributed by atoms with Crippen molar-refractivity contribution >= 4 is 21.8 Å². The van der Waals surface area contributed by atoms with E-state index in [2.05, 4.69) is 28.2 Å². The van der Waals surface area contributed by atoms with Crippen LogP contribution < -0.4 is 5.32 Å². The van der Waals surface area contributed by atoms with Gasteiger partial charge in [0.15, 0.2) is 0 Å². The molecule has 1 aromatic carbocycles. The Labute approximate surface area is 117 Å². The Morgan fingerprint density at radius 1 is 1.39 bits per heavy atom. The molecule has 0 aliphatic heterocycles. The summed E-state index contributed by atoms with van der Waals surface area (Å²) in [7, 11) is 0. The van der Waals surface area contributed by atoms with E-state index < -0.39 is 0 Å². The van der Waals surface area contributed by atoms with Gasteiger partial charge in [-0.25, -0.2) is 0 Å². The maximum Gasteiger partial charge on any atom is 0.251 e. The van der Waals surface area contributed by atoms with Crippen LogP contribution in [0.25, 0.3) is 0 Å². The summed E-state index contributed by atoms with van der Waals surface area (Å²) in [6.07, 6.45) is 5.04. The van der Waals surface area contributed by atoms with E-state index in [-0.39, 0.29) is 5.91 Å². The molecule has 0 aromatic heterocycles. The molecule has 98 valence electrons. The second-order valence-electron chi connectivity index (χ2n) is 5.66. The fraction of sp³-hybridized carbons (Fsp3) is 0.533. The molecule has 1 aromatic rings. The molecule has 2 nitrogen and oxygen atoms in total. The zero-order valence-corrected chi connectivity index (χ0v) is 12.6. The van der Waals surface area contributed by atoms with Crippen LogP contribution in [0.15, 0.2) is 22.7 Å². The molecule has 3 heteroatoms. The lowest BCUT2D eigenvalue weighted by Gasteiger charge is -2.23. The molecule has 0 heterocycles. The van der Waals surface area contributed by atoms with Crippen molar-refractivity contribution in [2.45, 2.75) is 39.5 Å². The SMILES string of the molecule is Cc1ccc(C(=O)NCC2(C)CCCC2)cc1Br. The summed E-state index contributed by atoms with van der Waals surface area (Å²) < 4.78 is 0.988. The number of hydrogen-bond acceptors (Lipinski definition) is 1. The summed E-state index contributed by atoms with van der Waals surface area (Å²) in [6.45, 7) is 5.08. The molecular formula is C15H20BrNO. The lowest BCUT2D eigenvalue weighted by molar-refractivity contribution is 0.0934. The predicted octanol–water partition coefficient (Wildman–Crippen LogP) is 4.07. The fourth-order valence-electron chi connectivity index (χ4n) is 2.54. The summed E-state index contributed by atoms with van der Waals surface area (Å²) in [5, 5.41) is 3.07. The second kappa shape index (κ2) is 5.43. The highest BCUT2D eigenvalue weighted by Crippen LogP contribution is 2.36. The van der Waals surface area contributed by atoms with Gasteiger partial charge in [0.25, 0.3) is 5.91 Å². The third-order valence-electron chi connectivity index (χ3n) is 3.92. The first-order chi connectivity index (χ1) is 8.50. The number of rotatable bonds is 3. The van der Waals surface area contributed by atoms with Crippen LogP contribution in [0, 0.1) is 12.3 Å². The van der Waals surface area contributed by atoms with Gasteiger partial charge in [-0.15, -0.1) is 0 Å². The van der Waals surface area contributed by atoms with Crippen LogP contribution in [0.4, 0.5) is 0 Å². The zero-order valence-electron chi connectivity index (χ0n) is 11.1. The molecule has 0 spiro atoms. The summed E-state index contributed by atoms with van der Waals surface area (Å²) in [6, 6.07) is 5.74. The van der Waals surface area contributed by atoms with E-state index in [1.807, 2.05) is 25.1 Å². The van der Waals surface area contributed by atoms with Crippen molar-refractivity contribution in [1.29, 1.82) is 0 Å². The van der Waals surface area contributed by atoms with Crippen molar-refractivity contribution in [3.63, 3.8) is 0 Å². The van der Waals surface area contributed by atoms with Gasteiger partial charge in [-0.3, -0.25) is 4.79 Å². The highest BCUT2D eigenvalue weighted by atomic mass is 79.9. The molecule has 1 amide bonds. The first-order valence-electron chi connectivity index (χ1n) is 6.55. The Balaban J connectivity index is 1.97. The lowest BCUT2D eigenvalue weighted by atomic mass is 9.89. The average molecular weight is 310 g/mol. The molecule has 1 saturated carbocycles. The highest BCUT2D eigenvalue weighted by molar-refractivity contribution is 9.10. The van der Waals surface area contributed by atoms with Gasteiger partial charge >= 0.3 is 0 Å². The Morgan fingerprint density at radius 2 is 2.06 bits per heavy atom. The van der Waals surface area contributed by atoms with Crippen LogP contribution in [-0.2, 0) is 0 Å². The Morgan fingerprint density at radius 3 is 2.67 bits per heavy atom. The topological polar surface area (TPSA) is 29.1 Å². The fourth-order valence-corrected chi connectivity index (χ4v) is 2.91. The molecule has 0 bridgehead atoms. The van der Waals surface area contributed by atoms with Crippen molar-refractivity contribution in [3.05, 3.63) is 33.8 Å². The van der Waals surface area contributed by atoms with Crippen molar-refractivity contribution < 1.29 is 4.79 Å². The highest BCUT2D eigenvalue weighted by Gasteiger charge is 2.28. The molecule has 0 radical (unpaired) electrons. The number of carbonyl (C=O) groups excluding carboxylic acids is 1. The predicted molar refractivity (Wildman–Crippen MR) is 77.8 cm³/mol. The minimum absolute atomic E-state index is 0.0313. The van der Waals surface area contributed by atoms with Crippen molar-refractivity contribution in [1.82, 2.24) is 5.32 Å². The van der Waals surface area contributed by atoms with Gasteiger partial charge in [0.2, 0.25) is 0 Å². The Bertz CT molecular complexity index is 450. The molecule has 1 fully saturated rings. The molecule has 0 saturated heterocycles. The normalized spacial score (nSPS) is 17.7. The van der Waals surface area contributed by atoms with Crippen LogP contribution in [0.2, 0.25) is 0 Å². The number of hydrogen-bond donors (Lipinski definition) is 1.